The van der Waals surface area contributed by atoms with Gasteiger partial charge >= 0.3 is 5.97 Å². The first-order valence-corrected chi connectivity index (χ1v) is 10.7. The van der Waals surface area contributed by atoms with Gasteiger partial charge in [0.1, 0.15) is 5.82 Å². The third kappa shape index (κ3) is 5.56. The van der Waals surface area contributed by atoms with Crippen LogP contribution in [0, 0.1) is 11.8 Å². The predicted molar refractivity (Wildman–Crippen MR) is 120 cm³/mol. The maximum atomic E-state index is 11.5. The summed E-state index contributed by atoms with van der Waals surface area (Å²) in [7, 11) is 0. The fraction of sp³-hybridized carbons (Fsp3) is 0.400. The molecule has 0 aliphatic heterocycles. The maximum absolute atomic E-state index is 11.5. The Morgan fingerprint density at radius 3 is 2.33 bits per heavy atom. The number of rotatable bonds is 9. The van der Waals surface area contributed by atoms with Crippen molar-refractivity contribution in [2.45, 2.75) is 53.5 Å². The first-order valence-electron chi connectivity index (χ1n) is 10.7. The number of carboxylic acids is 1. The number of carboxylic acid groups (broad SMARTS) is 1. The van der Waals surface area contributed by atoms with Gasteiger partial charge in [-0.15, -0.1) is 0 Å². The largest absolute Gasteiger partial charge is 0.478 e. The van der Waals surface area contributed by atoms with E-state index in [0.717, 1.165) is 47.6 Å². The molecule has 0 saturated heterocycles. The van der Waals surface area contributed by atoms with Crippen LogP contribution in [0.2, 0.25) is 0 Å². The van der Waals surface area contributed by atoms with Crippen LogP contribution in [0.4, 0.5) is 0 Å². The topological polar surface area (TPSA) is 68.0 Å². The number of aromatic carboxylic acids is 1. The molecule has 0 fully saturated rings. The Morgan fingerprint density at radius 1 is 1.00 bits per heavy atom. The molecule has 0 amide bonds. The highest BCUT2D eigenvalue weighted by Gasteiger charge is 2.14. The fourth-order valence-corrected chi connectivity index (χ4v) is 3.48. The highest BCUT2D eigenvalue weighted by atomic mass is 16.4. The molecule has 1 heterocycles. The van der Waals surface area contributed by atoms with Crippen LogP contribution in [0.3, 0.4) is 0 Å². The Balaban J connectivity index is 1.82. The zero-order valence-electron chi connectivity index (χ0n) is 18.3. The Kier molecular flexibility index (Phi) is 7.03. The molecule has 0 spiro atoms. The average Bonchev–Trinajstić information content (AvgIpc) is 3.07. The molecule has 2 aromatic carbocycles. The van der Waals surface area contributed by atoms with E-state index in [2.05, 4.69) is 27.7 Å². The molecule has 1 aromatic heterocycles. The van der Waals surface area contributed by atoms with Gasteiger partial charge in [0.05, 0.1) is 12.1 Å². The number of carbonyl (C=O) groups is 1. The van der Waals surface area contributed by atoms with Gasteiger partial charge in [-0.1, -0.05) is 70.2 Å². The van der Waals surface area contributed by atoms with Gasteiger partial charge in [0.2, 0.25) is 0 Å². The van der Waals surface area contributed by atoms with Gasteiger partial charge in [0.15, 0.2) is 5.82 Å². The van der Waals surface area contributed by atoms with Crippen LogP contribution >= 0.6 is 0 Å². The van der Waals surface area contributed by atoms with Gasteiger partial charge in [-0.2, -0.15) is 5.10 Å². The van der Waals surface area contributed by atoms with Crippen molar-refractivity contribution in [2.24, 2.45) is 11.8 Å². The highest BCUT2D eigenvalue weighted by molar-refractivity contribution is 5.95. The van der Waals surface area contributed by atoms with E-state index in [9.17, 15) is 9.90 Å². The van der Waals surface area contributed by atoms with Crippen LogP contribution in [0.5, 0.6) is 0 Å². The van der Waals surface area contributed by atoms with Crippen molar-refractivity contribution < 1.29 is 9.90 Å². The van der Waals surface area contributed by atoms with Crippen molar-refractivity contribution in [3.05, 3.63) is 71.3 Å². The van der Waals surface area contributed by atoms with Crippen molar-refractivity contribution >= 4 is 5.97 Å². The van der Waals surface area contributed by atoms with Crippen molar-refractivity contribution in [2.75, 3.05) is 0 Å². The SMILES string of the molecule is CC(C)CCc1nc(CC(C)C)n(Cc2ccc(-c3ccccc3C(=O)O)cc2)n1. The van der Waals surface area contributed by atoms with Gasteiger partial charge in [0.25, 0.3) is 0 Å². The number of hydrogen-bond donors (Lipinski definition) is 1. The van der Waals surface area contributed by atoms with E-state index in [1.54, 1.807) is 12.1 Å². The van der Waals surface area contributed by atoms with E-state index in [1.165, 1.54) is 0 Å². The molecule has 0 atom stereocenters. The smallest absolute Gasteiger partial charge is 0.336 e. The lowest BCUT2D eigenvalue weighted by atomic mass is 9.99. The third-order valence-corrected chi connectivity index (χ3v) is 5.08. The zero-order chi connectivity index (χ0) is 21.7. The highest BCUT2D eigenvalue weighted by Crippen LogP contribution is 2.24. The van der Waals surface area contributed by atoms with Crippen molar-refractivity contribution in [1.29, 1.82) is 0 Å². The Hall–Kier alpha value is -2.95. The van der Waals surface area contributed by atoms with Gasteiger partial charge in [-0.25, -0.2) is 14.5 Å². The quantitative estimate of drug-likeness (QED) is 0.512. The van der Waals surface area contributed by atoms with E-state index in [-0.39, 0.29) is 0 Å². The van der Waals surface area contributed by atoms with E-state index in [1.807, 2.05) is 41.1 Å². The maximum Gasteiger partial charge on any atom is 0.336 e. The Morgan fingerprint density at radius 2 is 1.70 bits per heavy atom. The Bertz CT molecular complexity index is 988. The van der Waals surface area contributed by atoms with Crippen molar-refractivity contribution in [3.8, 4) is 11.1 Å². The molecule has 1 N–H and O–H groups in total. The minimum atomic E-state index is -0.912. The van der Waals surface area contributed by atoms with Crippen LogP contribution in [0.1, 0.15) is 61.7 Å². The fourth-order valence-electron chi connectivity index (χ4n) is 3.48. The second-order valence-corrected chi connectivity index (χ2v) is 8.68. The molecule has 0 aliphatic carbocycles. The summed E-state index contributed by atoms with van der Waals surface area (Å²) >= 11 is 0. The lowest BCUT2D eigenvalue weighted by molar-refractivity contribution is 0.0697. The summed E-state index contributed by atoms with van der Waals surface area (Å²) in [5.74, 6) is 2.19. The minimum Gasteiger partial charge on any atom is -0.478 e. The molecule has 3 rings (SSSR count). The predicted octanol–water partition coefficient (Wildman–Crippen LogP) is 5.48. The average molecular weight is 406 g/mol. The number of nitrogens with zero attached hydrogens (tertiary/aromatic N) is 3. The molecular weight excluding hydrogens is 374 g/mol. The standard InChI is InChI=1S/C25H31N3O2/c1-17(2)9-14-23-26-24(15-18(3)4)28(27-23)16-19-10-12-20(13-11-19)21-7-5-6-8-22(21)25(29)30/h5-8,10-13,17-18H,9,14-16H2,1-4H3,(H,29,30). The van der Waals surface area contributed by atoms with Crippen LogP contribution in [0.15, 0.2) is 48.5 Å². The van der Waals surface area contributed by atoms with E-state index in [0.29, 0.717) is 23.9 Å². The van der Waals surface area contributed by atoms with E-state index >= 15 is 0 Å². The lowest BCUT2D eigenvalue weighted by Crippen LogP contribution is -2.09. The van der Waals surface area contributed by atoms with Gasteiger partial charge in [0, 0.05) is 12.8 Å². The third-order valence-electron chi connectivity index (χ3n) is 5.08. The first kappa shape index (κ1) is 21.8. The van der Waals surface area contributed by atoms with Gasteiger partial charge in [-0.05, 0) is 41.0 Å². The molecule has 30 heavy (non-hydrogen) atoms. The number of aryl methyl sites for hydroxylation is 1. The Labute approximate surface area is 178 Å². The van der Waals surface area contributed by atoms with Gasteiger partial charge in [-0.3, -0.25) is 0 Å². The normalized spacial score (nSPS) is 11.4. The molecule has 5 heteroatoms. The number of benzene rings is 2. The molecule has 158 valence electrons. The lowest BCUT2D eigenvalue weighted by Gasteiger charge is -2.10. The van der Waals surface area contributed by atoms with Crippen LogP contribution < -0.4 is 0 Å². The number of hydrogen-bond acceptors (Lipinski definition) is 3. The summed E-state index contributed by atoms with van der Waals surface area (Å²) in [6, 6.07) is 15.1. The van der Waals surface area contributed by atoms with Gasteiger partial charge < -0.3 is 5.11 Å². The zero-order valence-corrected chi connectivity index (χ0v) is 18.3. The summed E-state index contributed by atoms with van der Waals surface area (Å²) in [5.41, 5.74) is 3.07. The van der Waals surface area contributed by atoms with Crippen molar-refractivity contribution in [3.63, 3.8) is 0 Å². The molecule has 0 saturated carbocycles. The molecule has 0 unspecified atom stereocenters. The number of aromatic nitrogens is 3. The summed E-state index contributed by atoms with van der Waals surface area (Å²) in [6.07, 6.45) is 2.89. The second-order valence-electron chi connectivity index (χ2n) is 8.68. The molecule has 0 radical (unpaired) electrons. The monoisotopic (exact) mass is 405 g/mol. The van der Waals surface area contributed by atoms with E-state index in [4.69, 9.17) is 10.1 Å². The summed E-state index contributed by atoms with van der Waals surface area (Å²) in [5, 5.41) is 14.2. The summed E-state index contributed by atoms with van der Waals surface area (Å²) in [6.45, 7) is 9.49. The van der Waals surface area contributed by atoms with Crippen LogP contribution in [-0.2, 0) is 19.4 Å². The minimum absolute atomic E-state index is 0.315. The van der Waals surface area contributed by atoms with Crippen molar-refractivity contribution in [1.82, 2.24) is 14.8 Å². The van der Waals surface area contributed by atoms with E-state index < -0.39 is 5.97 Å². The molecule has 0 bridgehead atoms. The molecule has 0 aliphatic rings. The molecule has 5 nitrogen and oxygen atoms in total. The first-order chi connectivity index (χ1) is 14.3. The second kappa shape index (κ2) is 9.70. The van der Waals surface area contributed by atoms with Crippen LogP contribution in [-0.4, -0.2) is 25.8 Å². The summed E-state index contributed by atoms with van der Waals surface area (Å²) < 4.78 is 2.02. The molecular formula is C25H31N3O2. The van der Waals surface area contributed by atoms with Crippen LogP contribution in [0.25, 0.3) is 11.1 Å². The molecule has 3 aromatic rings. The summed E-state index contributed by atoms with van der Waals surface area (Å²) in [4.78, 5) is 16.3.